The summed E-state index contributed by atoms with van der Waals surface area (Å²) >= 11 is 0. The van der Waals surface area contributed by atoms with Crippen molar-refractivity contribution in [2.75, 3.05) is 4.72 Å². The number of aromatic hydroxyl groups is 1. The molecule has 4 rings (SSSR count). The van der Waals surface area contributed by atoms with Gasteiger partial charge in [-0.05, 0) is 48.5 Å². The number of sulfonamides is 1. The van der Waals surface area contributed by atoms with Gasteiger partial charge in [0.2, 0.25) is 5.89 Å². The fourth-order valence-corrected chi connectivity index (χ4v) is 3.33. The van der Waals surface area contributed by atoms with Crippen LogP contribution in [0.3, 0.4) is 0 Å². The second kappa shape index (κ2) is 6.12. The molecule has 0 aliphatic rings. The summed E-state index contributed by atoms with van der Waals surface area (Å²) in [5.74, 6) is 0.408. The van der Waals surface area contributed by atoms with Gasteiger partial charge in [-0.15, -0.1) is 0 Å². The Bertz CT molecular complexity index is 1150. The molecule has 130 valence electrons. The van der Waals surface area contributed by atoms with Crippen molar-refractivity contribution >= 4 is 27.1 Å². The molecule has 3 heterocycles. The van der Waals surface area contributed by atoms with Crippen LogP contribution in [0.1, 0.15) is 0 Å². The largest absolute Gasteiger partial charge is 0.508 e. The number of nitrogens with one attached hydrogen (secondary N) is 1. The average molecular weight is 368 g/mol. The van der Waals surface area contributed by atoms with Crippen molar-refractivity contribution in [1.82, 2.24) is 15.0 Å². The fraction of sp³-hybridized carbons (Fsp3) is 0. The molecule has 0 spiro atoms. The topological polar surface area (TPSA) is 118 Å². The molecule has 3 aromatic heterocycles. The highest BCUT2D eigenvalue weighted by Gasteiger charge is 2.16. The molecule has 0 saturated carbocycles. The number of fused-ring (bicyclic) bond motifs is 1. The molecule has 0 aliphatic heterocycles. The number of hydrogen-bond donors (Lipinski definition) is 2. The van der Waals surface area contributed by atoms with Gasteiger partial charge in [-0.25, -0.2) is 18.4 Å². The van der Waals surface area contributed by atoms with E-state index >= 15 is 0 Å². The number of anilines is 1. The zero-order valence-corrected chi connectivity index (χ0v) is 14.0. The second-order valence-electron chi connectivity index (χ2n) is 5.37. The van der Waals surface area contributed by atoms with Crippen LogP contribution in [0.25, 0.3) is 22.7 Å². The molecular weight excluding hydrogens is 356 g/mol. The Hall–Kier alpha value is -3.46. The first-order valence-corrected chi connectivity index (χ1v) is 8.99. The minimum Gasteiger partial charge on any atom is -0.508 e. The van der Waals surface area contributed by atoms with Crippen LogP contribution in [-0.4, -0.2) is 28.5 Å². The van der Waals surface area contributed by atoms with Crippen LogP contribution in [-0.2, 0) is 10.0 Å². The van der Waals surface area contributed by atoms with E-state index in [4.69, 9.17) is 4.42 Å². The normalized spacial score (nSPS) is 11.5. The summed E-state index contributed by atoms with van der Waals surface area (Å²) in [6, 6.07) is 11.8. The third-order valence-corrected chi connectivity index (χ3v) is 4.93. The van der Waals surface area contributed by atoms with Crippen molar-refractivity contribution in [2.45, 2.75) is 4.90 Å². The summed E-state index contributed by atoms with van der Waals surface area (Å²) in [6.07, 6.45) is 3.06. The SMILES string of the molecule is O=S(=O)(Nc1cc(-c2nc3ncccc3o2)ccn1)c1ccc(O)cc1. The lowest BCUT2D eigenvalue weighted by molar-refractivity contribution is 0.475. The van der Waals surface area contributed by atoms with E-state index in [1.54, 1.807) is 24.4 Å². The number of pyridine rings is 2. The molecule has 0 atom stereocenters. The van der Waals surface area contributed by atoms with Crippen molar-refractivity contribution in [1.29, 1.82) is 0 Å². The Balaban J connectivity index is 1.66. The molecule has 0 radical (unpaired) electrons. The number of rotatable bonds is 4. The van der Waals surface area contributed by atoms with Crippen molar-refractivity contribution in [3.05, 3.63) is 60.9 Å². The summed E-state index contributed by atoms with van der Waals surface area (Å²) in [5, 5.41) is 9.28. The Labute approximate surface area is 148 Å². The lowest BCUT2D eigenvalue weighted by Crippen LogP contribution is -2.13. The van der Waals surface area contributed by atoms with Crippen LogP contribution in [0.4, 0.5) is 5.82 Å². The molecule has 0 fully saturated rings. The smallest absolute Gasteiger partial charge is 0.263 e. The van der Waals surface area contributed by atoms with E-state index in [0.29, 0.717) is 22.7 Å². The van der Waals surface area contributed by atoms with Gasteiger partial charge in [0.05, 0.1) is 4.90 Å². The first-order valence-electron chi connectivity index (χ1n) is 7.51. The van der Waals surface area contributed by atoms with Gasteiger partial charge < -0.3 is 9.52 Å². The second-order valence-corrected chi connectivity index (χ2v) is 7.06. The van der Waals surface area contributed by atoms with E-state index in [1.165, 1.54) is 36.5 Å². The van der Waals surface area contributed by atoms with E-state index in [1.807, 2.05) is 0 Å². The van der Waals surface area contributed by atoms with Gasteiger partial charge in [-0.2, -0.15) is 4.98 Å². The standard InChI is InChI=1S/C17H12N4O4S/c22-12-3-5-13(6-4-12)26(23,24)21-15-10-11(7-9-18-15)17-20-16-14(25-17)2-1-8-19-16/h1-10,22H,(H,18,21). The maximum absolute atomic E-state index is 12.4. The van der Waals surface area contributed by atoms with Crippen LogP contribution < -0.4 is 4.72 Å². The number of benzene rings is 1. The molecule has 2 N–H and O–H groups in total. The fourth-order valence-electron chi connectivity index (χ4n) is 2.33. The molecule has 9 heteroatoms. The van der Waals surface area contributed by atoms with Crippen LogP contribution >= 0.6 is 0 Å². The number of nitrogens with zero attached hydrogens (tertiary/aromatic N) is 3. The highest BCUT2D eigenvalue weighted by atomic mass is 32.2. The molecule has 0 unspecified atom stereocenters. The molecular formula is C17H12N4O4S. The van der Waals surface area contributed by atoms with Gasteiger partial charge in [0.15, 0.2) is 11.2 Å². The minimum atomic E-state index is -3.84. The van der Waals surface area contributed by atoms with Crippen LogP contribution in [0.5, 0.6) is 5.75 Å². The number of phenolic OH excluding ortho intramolecular Hbond substituents is 1. The highest BCUT2D eigenvalue weighted by Crippen LogP contribution is 2.25. The van der Waals surface area contributed by atoms with Crippen molar-refractivity contribution in [2.24, 2.45) is 0 Å². The monoisotopic (exact) mass is 368 g/mol. The molecule has 0 amide bonds. The van der Waals surface area contributed by atoms with Gasteiger partial charge in [-0.3, -0.25) is 4.72 Å². The summed E-state index contributed by atoms with van der Waals surface area (Å²) < 4.78 is 32.9. The zero-order valence-electron chi connectivity index (χ0n) is 13.2. The summed E-state index contributed by atoms with van der Waals surface area (Å²) in [5.41, 5.74) is 1.55. The van der Waals surface area contributed by atoms with Crippen molar-refractivity contribution in [3.8, 4) is 17.2 Å². The van der Waals surface area contributed by atoms with E-state index in [9.17, 15) is 13.5 Å². The quantitative estimate of drug-likeness (QED) is 0.568. The van der Waals surface area contributed by atoms with Crippen LogP contribution in [0, 0.1) is 0 Å². The molecule has 4 aromatic rings. The third kappa shape index (κ3) is 3.07. The Morgan fingerprint density at radius 1 is 1.00 bits per heavy atom. The summed E-state index contributed by atoms with van der Waals surface area (Å²) in [7, 11) is -3.84. The predicted octanol–water partition coefficient (Wildman–Crippen LogP) is 2.79. The number of oxazole rings is 1. The Morgan fingerprint density at radius 2 is 1.81 bits per heavy atom. The summed E-state index contributed by atoms with van der Waals surface area (Å²) in [4.78, 5) is 12.4. The van der Waals surface area contributed by atoms with Crippen molar-refractivity contribution in [3.63, 3.8) is 0 Å². The molecule has 1 aromatic carbocycles. The molecule has 8 nitrogen and oxygen atoms in total. The van der Waals surface area contributed by atoms with Gasteiger partial charge >= 0.3 is 0 Å². The third-order valence-electron chi connectivity index (χ3n) is 3.56. The van der Waals surface area contributed by atoms with Crippen LogP contribution in [0.15, 0.2) is 70.2 Å². The maximum Gasteiger partial charge on any atom is 0.263 e. The average Bonchev–Trinajstić information content (AvgIpc) is 3.06. The van der Waals surface area contributed by atoms with Gasteiger partial charge in [-0.1, -0.05) is 0 Å². The lowest BCUT2D eigenvalue weighted by atomic mass is 10.2. The van der Waals surface area contributed by atoms with Crippen LogP contribution in [0.2, 0.25) is 0 Å². The Morgan fingerprint density at radius 3 is 2.58 bits per heavy atom. The maximum atomic E-state index is 12.4. The van der Waals surface area contributed by atoms with Crippen molar-refractivity contribution < 1.29 is 17.9 Å². The number of phenols is 1. The predicted molar refractivity (Wildman–Crippen MR) is 94.0 cm³/mol. The molecule has 0 saturated heterocycles. The zero-order chi connectivity index (χ0) is 18.1. The molecule has 0 aliphatic carbocycles. The first kappa shape index (κ1) is 16.0. The highest BCUT2D eigenvalue weighted by molar-refractivity contribution is 7.92. The van der Waals surface area contributed by atoms with Gasteiger partial charge in [0.1, 0.15) is 11.6 Å². The van der Waals surface area contributed by atoms with E-state index in [0.717, 1.165) is 0 Å². The minimum absolute atomic E-state index is 0.00793. The van der Waals surface area contributed by atoms with E-state index in [-0.39, 0.29) is 16.5 Å². The first-order chi connectivity index (χ1) is 12.5. The van der Waals surface area contributed by atoms with E-state index < -0.39 is 10.0 Å². The Kier molecular flexibility index (Phi) is 3.77. The summed E-state index contributed by atoms with van der Waals surface area (Å²) in [6.45, 7) is 0. The number of hydrogen-bond acceptors (Lipinski definition) is 7. The number of aromatic nitrogens is 3. The van der Waals surface area contributed by atoms with Gasteiger partial charge in [0.25, 0.3) is 10.0 Å². The molecule has 0 bridgehead atoms. The molecule has 26 heavy (non-hydrogen) atoms. The lowest BCUT2D eigenvalue weighted by Gasteiger charge is -2.08. The van der Waals surface area contributed by atoms with E-state index in [2.05, 4.69) is 19.7 Å². The van der Waals surface area contributed by atoms with Gasteiger partial charge in [0, 0.05) is 18.0 Å².